The average molecular weight is 240 g/mol. The summed E-state index contributed by atoms with van der Waals surface area (Å²) in [4.78, 5) is 11.4. The fourth-order valence-corrected chi connectivity index (χ4v) is 2.45. The number of carbonyl (C=O) groups excluding carboxylic acids is 1. The molecule has 98 valence electrons. The highest BCUT2D eigenvalue weighted by molar-refractivity contribution is 5.80. The Morgan fingerprint density at radius 3 is 2.41 bits per heavy atom. The zero-order valence-electron chi connectivity index (χ0n) is 10.7. The second-order valence-electron chi connectivity index (χ2n) is 5.23. The summed E-state index contributed by atoms with van der Waals surface area (Å²) in [6.07, 6.45) is 7.32. The second kappa shape index (κ2) is 6.36. The topological polar surface area (TPSA) is 50.4 Å². The van der Waals surface area contributed by atoms with Crippen molar-refractivity contribution in [2.45, 2.75) is 50.7 Å². The van der Waals surface area contributed by atoms with E-state index in [0.717, 1.165) is 38.8 Å². The number of ether oxygens (including phenoxy) is 1. The van der Waals surface area contributed by atoms with E-state index in [1.54, 1.807) is 7.11 Å². The molecule has 0 spiro atoms. The first kappa shape index (κ1) is 12.8. The predicted octanol–water partition coefficient (Wildman–Crippen LogP) is 1.06. The summed E-state index contributed by atoms with van der Waals surface area (Å²) in [6, 6.07) is 0.610. The summed E-state index contributed by atoms with van der Waals surface area (Å²) in [7, 11) is 1.80. The van der Waals surface area contributed by atoms with Crippen LogP contribution < -0.4 is 10.6 Å². The highest BCUT2D eigenvalue weighted by Crippen LogP contribution is 2.28. The first-order valence-electron chi connectivity index (χ1n) is 6.83. The van der Waals surface area contributed by atoms with Gasteiger partial charge in [0.2, 0.25) is 5.91 Å². The molecule has 0 aromatic heterocycles. The van der Waals surface area contributed by atoms with Gasteiger partial charge in [0, 0.05) is 32.2 Å². The summed E-state index contributed by atoms with van der Waals surface area (Å²) in [6.45, 7) is 1.65. The quantitative estimate of drug-likeness (QED) is 0.683. The fourth-order valence-electron chi connectivity index (χ4n) is 2.45. The number of carbonyl (C=O) groups is 1. The van der Waals surface area contributed by atoms with Gasteiger partial charge in [0.1, 0.15) is 0 Å². The smallest absolute Gasteiger partial charge is 0.223 e. The van der Waals surface area contributed by atoms with Crippen LogP contribution in [0, 0.1) is 5.92 Å². The van der Waals surface area contributed by atoms with Crippen molar-refractivity contribution in [1.82, 2.24) is 10.6 Å². The Hall–Kier alpha value is -0.610. The largest absolute Gasteiger partial charge is 0.381 e. The van der Waals surface area contributed by atoms with E-state index in [9.17, 15) is 4.79 Å². The maximum absolute atomic E-state index is 11.4. The van der Waals surface area contributed by atoms with Crippen molar-refractivity contribution < 1.29 is 9.53 Å². The summed E-state index contributed by atoms with van der Waals surface area (Å²) in [5.74, 6) is 0.571. The number of rotatable bonds is 6. The third-order valence-corrected chi connectivity index (χ3v) is 3.81. The van der Waals surface area contributed by atoms with Crippen LogP contribution in [0.5, 0.6) is 0 Å². The Morgan fingerprint density at radius 2 is 1.82 bits per heavy atom. The summed E-state index contributed by atoms with van der Waals surface area (Å²) >= 11 is 0. The SMILES string of the molecule is COC1CCC(NCCNC(=O)C2CC2)CC1. The van der Waals surface area contributed by atoms with Crippen molar-refractivity contribution >= 4 is 5.91 Å². The molecule has 2 aliphatic rings. The lowest BCUT2D eigenvalue weighted by Crippen LogP contribution is -2.40. The van der Waals surface area contributed by atoms with Crippen LogP contribution in [-0.2, 0) is 9.53 Å². The molecule has 0 atom stereocenters. The molecule has 0 saturated heterocycles. The molecule has 0 aromatic rings. The van der Waals surface area contributed by atoms with Gasteiger partial charge >= 0.3 is 0 Å². The van der Waals surface area contributed by atoms with Gasteiger partial charge in [0.05, 0.1) is 6.10 Å². The summed E-state index contributed by atoms with van der Waals surface area (Å²) in [5.41, 5.74) is 0. The molecule has 0 aromatic carbocycles. The second-order valence-corrected chi connectivity index (χ2v) is 5.23. The molecule has 2 aliphatic carbocycles. The van der Waals surface area contributed by atoms with E-state index in [1.165, 1.54) is 12.8 Å². The van der Waals surface area contributed by atoms with Gasteiger partial charge in [0.25, 0.3) is 0 Å². The van der Waals surface area contributed by atoms with Crippen LogP contribution in [0.25, 0.3) is 0 Å². The molecule has 2 saturated carbocycles. The zero-order chi connectivity index (χ0) is 12.1. The summed E-state index contributed by atoms with van der Waals surface area (Å²) in [5, 5.41) is 6.49. The molecule has 2 fully saturated rings. The maximum atomic E-state index is 11.4. The highest BCUT2D eigenvalue weighted by atomic mass is 16.5. The van der Waals surface area contributed by atoms with E-state index in [0.29, 0.717) is 18.1 Å². The molecular formula is C13H24N2O2. The van der Waals surface area contributed by atoms with Crippen LogP contribution >= 0.6 is 0 Å². The first-order valence-corrected chi connectivity index (χ1v) is 6.83. The molecule has 0 heterocycles. The first-order chi connectivity index (χ1) is 8.29. The van der Waals surface area contributed by atoms with Crippen LogP contribution in [0.15, 0.2) is 0 Å². The van der Waals surface area contributed by atoms with Crippen LogP contribution in [-0.4, -0.2) is 38.3 Å². The van der Waals surface area contributed by atoms with Crippen molar-refractivity contribution in [3.8, 4) is 0 Å². The Balaban J connectivity index is 1.49. The monoisotopic (exact) mass is 240 g/mol. The molecule has 4 nitrogen and oxygen atoms in total. The Labute approximate surface area is 103 Å². The zero-order valence-corrected chi connectivity index (χ0v) is 10.7. The molecule has 17 heavy (non-hydrogen) atoms. The Kier molecular flexibility index (Phi) is 4.80. The molecule has 0 aliphatic heterocycles. The minimum absolute atomic E-state index is 0.245. The van der Waals surface area contributed by atoms with E-state index in [4.69, 9.17) is 4.74 Å². The number of nitrogens with one attached hydrogen (secondary N) is 2. The molecule has 1 amide bonds. The van der Waals surface area contributed by atoms with Crippen molar-refractivity contribution in [1.29, 1.82) is 0 Å². The highest BCUT2D eigenvalue weighted by Gasteiger charge is 2.29. The maximum Gasteiger partial charge on any atom is 0.223 e. The Morgan fingerprint density at radius 1 is 1.12 bits per heavy atom. The normalized spacial score (nSPS) is 29.0. The van der Waals surface area contributed by atoms with Crippen molar-refractivity contribution in [2.75, 3.05) is 20.2 Å². The van der Waals surface area contributed by atoms with Crippen molar-refractivity contribution in [3.63, 3.8) is 0 Å². The van der Waals surface area contributed by atoms with E-state index in [-0.39, 0.29) is 5.91 Å². The minimum atomic E-state index is 0.245. The van der Waals surface area contributed by atoms with Crippen LogP contribution in [0.3, 0.4) is 0 Å². The molecule has 2 N–H and O–H groups in total. The van der Waals surface area contributed by atoms with Gasteiger partial charge in [-0.2, -0.15) is 0 Å². The van der Waals surface area contributed by atoms with Gasteiger partial charge in [-0.15, -0.1) is 0 Å². The van der Waals surface area contributed by atoms with Crippen LogP contribution in [0.1, 0.15) is 38.5 Å². The standard InChI is InChI=1S/C13H24N2O2/c1-17-12-6-4-11(5-7-12)14-8-9-15-13(16)10-2-3-10/h10-12,14H,2-9H2,1H3,(H,15,16). The fraction of sp³-hybridized carbons (Fsp3) is 0.923. The molecule has 4 heteroatoms. The molecule has 0 radical (unpaired) electrons. The molecule has 0 unspecified atom stereocenters. The lowest BCUT2D eigenvalue weighted by Gasteiger charge is -2.28. The Bertz CT molecular complexity index is 246. The van der Waals surface area contributed by atoms with Crippen molar-refractivity contribution in [3.05, 3.63) is 0 Å². The average Bonchev–Trinajstić information content (AvgIpc) is 3.19. The third-order valence-electron chi connectivity index (χ3n) is 3.81. The van der Waals surface area contributed by atoms with E-state index < -0.39 is 0 Å². The molecular weight excluding hydrogens is 216 g/mol. The van der Waals surface area contributed by atoms with Gasteiger partial charge in [0.15, 0.2) is 0 Å². The van der Waals surface area contributed by atoms with Gasteiger partial charge in [-0.05, 0) is 38.5 Å². The van der Waals surface area contributed by atoms with Crippen molar-refractivity contribution in [2.24, 2.45) is 5.92 Å². The lowest BCUT2D eigenvalue weighted by atomic mass is 9.93. The summed E-state index contributed by atoms with van der Waals surface area (Å²) < 4.78 is 5.35. The van der Waals surface area contributed by atoms with Gasteiger partial charge in [-0.3, -0.25) is 4.79 Å². The predicted molar refractivity (Wildman–Crippen MR) is 66.8 cm³/mol. The van der Waals surface area contributed by atoms with E-state index in [2.05, 4.69) is 10.6 Å². The third kappa shape index (κ3) is 4.28. The lowest BCUT2D eigenvalue weighted by molar-refractivity contribution is -0.122. The number of methoxy groups -OCH3 is 1. The molecule has 0 bridgehead atoms. The number of amides is 1. The minimum Gasteiger partial charge on any atom is -0.381 e. The van der Waals surface area contributed by atoms with Gasteiger partial charge in [-0.25, -0.2) is 0 Å². The van der Waals surface area contributed by atoms with Crippen LogP contribution in [0.2, 0.25) is 0 Å². The van der Waals surface area contributed by atoms with Gasteiger partial charge in [-0.1, -0.05) is 0 Å². The van der Waals surface area contributed by atoms with Crippen LogP contribution in [0.4, 0.5) is 0 Å². The number of hydrogen-bond donors (Lipinski definition) is 2. The number of hydrogen-bond acceptors (Lipinski definition) is 3. The van der Waals surface area contributed by atoms with Gasteiger partial charge < -0.3 is 15.4 Å². The van der Waals surface area contributed by atoms with E-state index >= 15 is 0 Å². The van der Waals surface area contributed by atoms with E-state index in [1.807, 2.05) is 0 Å². The molecule has 2 rings (SSSR count).